The zero-order chi connectivity index (χ0) is 18.6. The highest BCUT2D eigenvalue weighted by Gasteiger charge is 2.09. The van der Waals surface area contributed by atoms with Gasteiger partial charge in [-0.3, -0.25) is 9.20 Å². The van der Waals surface area contributed by atoms with Crippen molar-refractivity contribution in [1.82, 2.24) is 34.8 Å². The molecule has 27 heavy (non-hydrogen) atoms. The number of tetrazole rings is 1. The molecule has 0 fully saturated rings. The predicted octanol–water partition coefficient (Wildman–Crippen LogP) is 1.88. The van der Waals surface area contributed by atoms with Crippen molar-refractivity contribution in [3.05, 3.63) is 54.5 Å². The van der Waals surface area contributed by atoms with Gasteiger partial charge in [-0.2, -0.15) is 4.80 Å². The second-order valence-corrected chi connectivity index (χ2v) is 6.13. The molecule has 3 aromatic heterocycles. The van der Waals surface area contributed by atoms with Crippen LogP contribution in [0, 0.1) is 0 Å². The molecule has 0 spiro atoms. The summed E-state index contributed by atoms with van der Waals surface area (Å²) in [5, 5.41) is 23.2. The van der Waals surface area contributed by atoms with Gasteiger partial charge in [-0.25, -0.2) is 0 Å². The highest BCUT2D eigenvalue weighted by atomic mass is 16.1. The molecule has 0 saturated heterocycles. The fourth-order valence-corrected chi connectivity index (χ4v) is 2.83. The van der Waals surface area contributed by atoms with Crippen LogP contribution in [0.1, 0.15) is 18.7 Å². The lowest BCUT2D eigenvalue weighted by molar-refractivity contribution is -0.116. The van der Waals surface area contributed by atoms with Gasteiger partial charge in [0, 0.05) is 30.3 Å². The normalized spacial score (nSPS) is 11.0. The zero-order valence-electron chi connectivity index (χ0n) is 14.8. The molecule has 3 heterocycles. The van der Waals surface area contributed by atoms with E-state index in [0.717, 1.165) is 17.0 Å². The molecule has 9 nitrogen and oxygen atoms in total. The number of carbonyl (C=O) groups is 1. The molecule has 1 amide bonds. The fourth-order valence-electron chi connectivity index (χ4n) is 2.83. The Labute approximate surface area is 155 Å². The van der Waals surface area contributed by atoms with Crippen LogP contribution in [0.3, 0.4) is 0 Å². The lowest BCUT2D eigenvalue weighted by atomic mass is 10.1. The van der Waals surface area contributed by atoms with Gasteiger partial charge in [0.25, 0.3) is 0 Å². The molecule has 0 saturated carbocycles. The minimum Gasteiger partial charge on any atom is -0.326 e. The number of hydrogen-bond donors (Lipinski definition) is 1. The molecule has 1 aromatic carbocycles. The van der Waals surface area contributed by atoms with E-state index < -0.39 is 0 Å². The van der Waals surface area contributed by atoms with Crippen LogP contribution < -0.4 is 5.32 Å². The number of nitrogens with zero attached hydrogens (tertiary/aromatic N) is 7. The van der Waals surface area contributed by atoms with Crippen LogP contribution >= 0.6 is 0 Å². The first-order chi connectivity index (χ1) is 13.2. The Morgan fingerprint density at radius 3 is 2.89 bits per heavy atom. The van der Waals surface area contributed by atoms with Gasteiger partial charge in [-0.1, -0.05) is 18.2 Å². The first-order valence-corrected chi connectivity index (χ1v) is 8.62. The summed E-state index contributed by atoms with van der Waals surface area (Å²) in [6.07, 6.45) is 3.70. The van der Waals surface area contributed by atoms with Crippen molar-refractivity contribution < 1.29 is 4.79 Å². The number of pyridine rings is 1. The number of nitrogens with one attached hydrogen (secondary N) is 1. The number of aryl methyl sites for hydroxylation is 2. The Morgan fingerprint density at radius 2 is 2.04 bits per heavy atom. The third-order valence-electron chi connectivity index (χ3n) is 4.10. The van der Waals surface area contributed by atoms with E-state index in [1.54, 1.807) is 7.05 Å². The van der Waals surface area contributed by atoms with Crippen molar-refractivity contribution in [2.45, 2.75) is 19.3 Å². The van der Waals surface area contributed by atoms with E-state index in [0.29, 0.717) is 30.8 Å². The van der Waals surface area contributed by atoms with Gasteiger partial charge in [0.15, 0.2) is 5.65 Å². The average Bonchev–Trinajstić information content (AvgIpc) is 3.29. The number of hydrogen-bond acceptors (Lipinski definition) is 6. The zero-order valence-corrected chi connectivity index (χ0v) is 14.8. The molecule has 0 unspecified atom stereocenters. The maximum absolute atomic E-state index is 12.3. The second kappa shape index (κ2) is 7.32. The van der Waals surface area contributed by atoms with E-state index in [1.807, 2.05) is 53.1 Å². The van der Waals surface area contributed by atoms with Crippen molar-refractivity contribution in [3.8, 4) is 11.4 Å². The Hall–Kier alpha value is -3.62. The number of aromatic nitrogens is 7. The lowest BCUT2D eigenvalue weighted by Crippen LogP contribution is -2.12. The van der Waals surface area contributed by atoms with Crippen molar-refractivity contribution in [1.29, 1.82) is 0 Å². The van der Waals surface area contributed by atoms with Crippen LogP contribution in [0.5, 0.6) is 0 Å². The highest BCUT2D eigenvalue weighted by Crippen LogP contribution is 2.19. The highest BCUT2D eigenvalue weighted by molar-refractivity contribution is 5.91. The second-order valence-electron chi connectivity index (χ2n) is 6.13. The summed E-state index contributed by atoms with van der Waals surface area (Å²) < 4.78 is 1.94. The molecular formula is C18H18N8O. The van der Waals surface area contributed by atoms with Gasteiger partial charge in [-0.05, 0) is 35.9 Å². The Bertz CT molecular complexity index is 1080. The smallest absolute Gasteiger partial charge is 0.224 e. The minimum atomic E-state index is -0.0481. The number of benzene rings is 1. The number of carbonyl (C=O) groups excluding carboxylic acids is 1. The van der Waals surface area contributed by atoms with Crippen molar-refractivity contribution in [2.24, 2.45) is 7.05 Å². The molecule has 1 N–H and O–H groups in total. The molecule has 0 bridgehead atoms. The number of rotatable bonds is 6. The number of anilines is 1. The molecule has 136 valence electrons. The van der Waals surface area contributed by atoms with Crippen LogP contribution in [-0.4, -0.2) is 40.7 Å². The lowest BCUT2D eigenvalue weighted by Gasteiger charge is -2.06. The first-order valence-electron chi connectivity index (χ1n) is 8.62. The molecule has 0 atom stereocenters. The van der Waals surface area contributed by atoms with E-state index >= 15 is 0 Å². The maximum Gasteiger partial charge on any atom is 0.224 e. The first kappa shape index (κ1) is 16.8. The van der Waals surface area contributed by atoms with Crippen LogP contribution in [-0.2, 0) is 18.3 Å². The van der Waals surface area contributed by atoms with Crippen LogP contribution in [0.15, 0.2) is 48.7 Å². The Kier molecular flexibility index (Phi) is 4.56. The van der Waals surface area contributed by atoms with E-state index in [2.05, 4.69) is 30.9 Å². The number of fused-ring (bicyclic) bond motifs is 1. The van der Waals surface area contributed by atoms with Gasteiger partial charge >= 0.3 is 0 Å². The summed E-state index contributed by atoms with van der Waals surface area (Å²) in [7, 11) is 1.71. The standard InChI is InChI=1S/C18H18N8O/c1-25-23-18(22-24-25)13-6-4-7-14(12-13)19-17(27)10-5-9-16-21-20-15-8-2-3-11-26(15)16/h2-4,6-8,11-12H,5,9-10H2,1H3,(H,19,27). The third kappa shape index (κ3) is 3.81. The largest absolute Gasteiger partial charge is 0.326 e. The van der Waals surface area contributed by atoms with E-state index in [1.165, 1.54) is 4.80 Å². The monoisotopic (exact) mass is 362 g/mol. The van der Waals surface area contributed by atoms with E-state index in [-0.39, 0.29) is 5.91 Å². The summed E-state index contributed by atoms with van der Waals surface area (Å²) >= 11 is 0. The third-order valence-corrected chi connectivity index (χ3v) is 4.10. The van der Waals surface area contributed by atoms with Crippen molar-refractivity contribution in [2.75, 3.05) is 5.32 Å². The summed E-state index contributed by atoms with van der Waals surface area (Å²) in [4.78, 5) is 13.7. The van der Waals surface area contributed by atoms with E-state index in [9.17, 15) is 4.79 Å². The summed E-state index contributed by atoms with van der Waals surface area (Å²) in [6.45, 7) is 0. The Morgan fingerprint density at radius 1 is 1.11 bits per heavy atom. The van der Waals surface area contributed by atoms with Crippen LogP contribution in [0.4, 0.5) is 5.69 Å². The minimum absolute atomic E-state index is 0.0481. The summed E-state index contributed by atoms with van der Waals surface area (Å²) in [6, 6.07) is 13.2. The van der Waals surface area contributed by atoms with Crippen molar-refractivity contribution in [3.63, 3.8) is 0 Å². The SMILES string of the molecule is Cn1nnc(-c2cccc(NC(=O)CCCc3nnc4ccccn34)c2)n1. The van der Waals surface area contributed by atoms with Gasteiger partial charge in [0.1, 0.15) is 5.82 Å². The maximum atomic E-state index is 12.3. The summed E-state index contributed by atoms with van der Waals surface area (Å²) in [5.74, 6) is 1.33. The Balaban J connectivity index is 1.34. The number of amides is 1. The molecule has 0 aliphatic heterocycles. The molecule has 0 radical (unpaired) electrons. The van der Waals surface area contributed by atoms with Gasteiger partial charge in [-0.15, -0.1) is 20.4 Å². The van der Waals surface area contributed by atoms with E-state index in [4.69, 9.17) is 0 Å². The van der Waals surface area contributed by atoms with Crippen molar-refractivity contribution >= 4 is 17.2 Å². The molecule has 4 rings (SSSR count). The average molecular weight is 362 g/mol. The van der Waals surface area contributed by atoms with Gasteiger partial charge in [0.2, 0.25) is 11.7 Å². The fraction of sp³-hybridized carbons (Fsp3) is 0.222. The van der Waals surface area contributed by atoms with Crippen LogP contribution in [0.25, 0.3) is 17.0 Å². The topological polar surface area (TPSA) is 103 Å². The quantitative estimate of drug-likeness (QED) is 0.562. The van der Waals surface area contributed by atoms with Gasteiger partial charge in [0.05, 0.1) is 7.05 Å². The summed E-state index contributed by atoms with van der Waals surface area (Å²) in [5.41, 5.74) is 2.32. The predicted molar refractivity (Wildman–Crippen MR) is 98.8 cm³/mol. The van der Waals surface area contributed by atoms with Gasteiger partial charge < -0.3 is 5.32 Å². The molecule has 0 aliphatic rings. The van der Waals surface area contributed by atoms with Crippen LogP contribution in [0.2, 0.25) is 0 Å². The molecular weight excluding hydrogens is 344 g/mol. The molecule has 0 aliphatic carbocycles. The molecule has 9 heteroatoms. The molecule has 4 aromatic rings.